The molecule has 2 aliphatic rings. The summed E-state index contributed by atoms with van der Waals surface area (Å²) in [5.41, 5.74) is 0.472. The molecular formula is C12H14N2O5. The smallest absolute Gasteiger partial charge is 0.296 e. The lowest BCUT2D eigenvalue weighted by atomic mass is 9.88. The number of nitro groups is 1. The molecule has 7 nitrogen and oxygen atoms in total. The molecule has 0 atom stereocenters. The highest BCUT2D eigenvalue weighted by Gasteiger charge is 2.34. The minimum Gasteiger partial charge on any atom is -0.454 e. The molecule has 0 unspecified atom stereocenters. The molecular weight excluding hydrogens is 252 g/mol. The topological polar surface area (TPSA) is 82.9 Å². The van der Waals surface area contributed by atoms with Crippen molar-refractivity contribution in [2.75, 3.05) is 31.9 Å². The minimum atomic E-state index is -0.427. The Balaban J connectivity index is 1.84. The summed E-state index contributed by atoms with van der Waals surface area (Å²) in [6.45, 7) is 4.12. The van der Waals surface area contributed by atoms with Crippen molar-refractivity contribution in [3.8, 4) is 11.5 Å². The fourth-order valence-electron chi connectivity index (χ4n) is 2.09. The number of benzene rings is 1. The number of anilines is 1. The minimum absolute atomic E-state index is 0.00640. The van der Waals surface area contributed by atoms with Crippen LogP contribution in [0.25, 0.3) is 0 Å². The molecule has 3 rings (SSSR count). The number of hydrogen-bond acceptors (Lipinski definition) is 6. The molecule has 1 saturated heterocycles. The molecule has 0 amide bonds. The van der Waals surface area contributed by atoms with Crippen molar-refractivity contribution < 1.29 is 19.1 Å². The third-order valence-corrected chi connectivity index (χ3v) is 3.29. The highest BCUT2D eigenvalue weighted by molar-refractivity contribution is 5.69. The van der Waals surface area contributed by atoms with Gasteiger partial charge in [0.2, 0.25) is 6.79 Å². The van der Waals surface area contributed by atoms with E-state index < -0.39 is 4.92 Å². The maximum atomic E-state index is 11.1. The number of fused-ring (bicyclic) bond motifs is 1. The summed E-state index contributed by atoms with van der Waals surface area (Å²) >= 11 is 0. The largest absolute Gasteiger partial charge is 0.454 e. The Morgan fingerprint density at radius 1 is 1.37 bits per heavy atom. The molecule has 7 heteroatoms. The molecule has 2 aliphatic heterocycles. The van der Waals surface area contributed by atoms with Crippen molar-refractivity contribution in [3.05, 3.63) is 22.2 Å². The number of nitro benzene ring substituents is 1. The average molecular weight is 266 g/mol. The SMILES string of the molecule is CC1(CNc2cc3c(cc2[N+](=O)[O-])OCO3)COC1. The molecule has 0 aliphatic carbocycles. The molecule has 1 fully saturated rings. The molecule has 102 valence electrons. The van der Waals surface area contributed by atoms with Crippen LogP contribution in [0.4, 0.5) is 11.4 Å². The number of hydrogen-bond donors (Lipinski definition) is 1. The predicted molar refractivity (Wildman–Crippen MR) is 66.6 cm³/mol. The van der Waals surface area contributed by atoms with Crippen LogP contribution in [0.5, 0.6) is 11.5 Å². The van der Waals surface area contributed by atoms with E-state index in [1.54, 1.807) is 6.07 Å². The molecule has 0 aromatic heterocycles. The fourth-order valence-corrected chi connectivity index (χ4v) is 2.09. The maximum absolute atomic E-state index is 11.1. The van der Waals surface area contributed by atoms with Crippen LogP contribution < -0.4 is 14.8 Å². The van der Waals surface area contributed by atoms with Gasteiger partial charge in [-0.25, -0.2) is 0 Å². The zero-order valence-electron chi connectivity index (χ0n) is 10.5. The number of nitrogens with zero attached hydrogens (tertiary/aromatic N) is 1. The van der Waals surface area contributed by atoms with Crippen molar-refractivity contribution in [1.82, 2.24) is 0 Å². The normalized spacial score (nSPS) is 18.8. The molecule has 2 heterocycles. The van der Waals surface area contributed by atoms with E-state index in [-0.39, 0.29) is 17.9 Å². The van der Waals surface area contributed by atoms with Gasteiger partial charge in [-0.1, -0.05) is 6.92 Å². The van der Waals surface area contributed by atoms with Crippen LogP contribution >= 0.6 is 0 Å². The maximum Gasteiger partial charge on any atom is 0.296 e. The van der Waals surface area contributed by atoms with Crippen LogP contribution in [0.15, 0.2) is 12.1 Å². The summed E-state index contributed by atoms with van der Waals surface area (Å²) in [6, 6.07) is 3.01. The Morgan fingerprint density at radius 3 is 2.63 bits per heavy atom. The third kappa shape index (κ3) is 2.17. The number of nitrogens with one attached hydrogen (secondary N) is 1. The van der Waals surface area contributed by atoms with E-state index in [0.29, 0.717) is 36.9 Å². The molecule has 0 spiro atoms. The van der Waals surface area contributed by atoms with Crippen LogP contribution in [0.3, 0.4) is 0 Å². The van der Waals surface area contributed by atoms with Gasteiger partial charge in [0.15, 0.2) is 11.5 Å². The van der Waals surface area contributed by atoms with E-state index in [0.717, 1.165) is 0 Å². The Hall–Kier alpha value is -2.02. The third-order valence-electron chi connectivity index (χ3n) is 3.29. The monoisotopic (exact) mass is 266 g/mol. The number of ether oxygens (including phenoxy) is 3. The summed E-state index contributed by atoms with van der Waals surface area (Å²) < 4.78 is 15.5. The van der Waals surface area contributed by atoms with Crippen molar-refractivity contribution in [1.29, 1.82) is 0 Å². The molecule has 1 N–H and O–H groups in total. The van der Waals surface area contributed by atoms with Gasteiger partial charge in [-0.2, -0.15) is 0 Å². The lowest BCUT2D eigenvalue weighted by Gasteiger charge is -2.38. The van der Waals surface area contributed by atoms with Gasteiger partial charge >= 0.3 is 0 Å². The van der Waals surface area contributed by atoms with Crippen LogP contribution in [0.1, 0.15) is 6.92 Å². The molecule has 0 saturated carbocycles. The van der Waals surface area contributed by atoms with Gasteiger partial charge < -0.3 is 19.5 Å². The molecule has 1 aromatic rings. The van der Waals surface area contributed by atoms with E-state index >= 15 is 0 Å². The van der Waals surface area contributed by atoms with Crippen LogP contribution in [0.2, 0.25) is 0 Å². The van der Waals surface area contributed by atoms with E-state index in [4.69, 9.17) is 14.2 Å². The van der Waals surface area contributed by atoms with Gasteiger partial charge in [0.05, 0.1) is 24.2 Å². The van der Waals surface area contributed by atoms with Crippen molar-refractivity contribution in [2.24, 2.45) is 5.41 Å². The van der Waals surface area contributed by atoms with Crippen molar-refractivity contribution >= 4 is 11.4 Å². The highest BCUT2D eigenvalue weighted by atomic mass is 16.7. The lowest BCUT2D eigenvalue weighted by Crippen LogP contribution is -2.45. The lowest BCUT2D eigenvalue weighted by molar-refractivity contribution is -0.384. The van der Waals surface area contributed by atoms with Crippen LogP contribution in [-0.4, -0.2) is 31.5 Å². The first-order valence-electron chi connectivity index (χ1n) is 5.97. The second-order valence-electron chi connectivity index (χ2n) is 5.14. The summed E-state index contributed by atoms with van der Waals surface area (Å²) in [4.78, 5) is 10.6. The highest BCUT2D eigenvalue weighted by Crippen LogP contribution is 2.41. The van der Waals surface area contributed by atoms with Gasteiger partial charge in [0.25, 0.3) is 5.69 Å². The van der Waals surface area contributed by atoms with Gasteiger partial charge in [-0.15, -0.1) is 0 Å². The summed E-state index contributed by atoms with van der Waals surface area (Å²) in [5.74, 6) is 0.943. The van der Waals surface area contributed by atoms with Crippen LogP contribution in [0, 0.1) is 15.5 Å². The first kappa shape index (κ1) is 12.0. The van der Waals surface area contributed by atoms with Gasteiger partial charge in [-0.3, -0.25) is 10.1 Å². The second kappa shape index (κ2) is 4.27. The molecule has 0 radical (unpaired) electrons. The fraction of sp³-hybridized carbons (Fsp3) is 0.500. The summed E-state index contributed by atoms with van der Waals surface area (Å²) in [7, 11) is 0. The van der Waals surface area contributed by atoms with Gasteiger partial charge in [-0.05, 0) is 0 Å². The standard InChI is InChI=1S/C12H14N2O5/c1-12(5-17-6-12)4-13-8-2-10-11(19-7-18-10)3-9(8)14(15)16/h2-3,13H,4-7H2,1H3. The average Bonchev–Trinajstić information content (AvgIpc) is 2.79. The first-order chi connectivity index (χ1) is 9.07. The van der Waals surface area contributed by atoms with Gasteiger partial charge in [0, 0.05) is 18.0 Å². The summed E-state index contributed by atoms with van der Waals surface area (Å²) in [6.07, 6.45) is 0. The quantitative estimate of drug-likeness (QED) is 0.660. The Labute approximate surface area is 109 Å². The summed E-state index contributed by atoms with van der Waals surface area (Å²) in [5, 5.41) is 14.2. The van der Waals surface area contributed by atoms with Crippen molar-refractivity contribution in [3.63, 3.8) is 0 Å². The number of rotatable bonds is 4. The van der Waals surface area contributed by atoms with Crippen LogP contribution in [-0.2, 0) is 4.74 Å². The Bertz CT molecular complexity index is 527. The molecule has 1 aromatic carbocycles. The van der Waals surface area contributed by atoms with E-state index in [9.17, 15) is 10.1 Å². The first-order valence-corrected chi connectivity index (χ1v) is 5.97. The van der Waals surface area contributed by atoms with E-state index in [2.05, 4.69) is 12.2 Å². The zero-order chi connectivity index (χ0) is 13.5. The van der Waals surface area contributed by atoms with Crippen molar-refractivity contribution in [2.45, 2.75) is 6.92 Å². The Morgan fingerprint density at radius 2 is 2.05 bits per heavy atom. The van der Waals surface area contributed by atoms with E-state index in [1.165, 1.54) is 6.07 Å². The second-order valence-corrected chi connectivity index (χ2v) is 5.14. The van der Waals surface area contributed by atoms with Gasteiger partial charge in [0.1, 0.15) is 5.69 Å². The zero-order valence-corrected chi connectivity index (χ0v) is 10.5. The van der Waals surface area contributed by atoms with E-state index in [1.807, 2.05) is 0 Å². The molecule has 0 bridgehead atoms. The Kier molecular flexibility index (Phi) is 2.70. The molecule has 19 heavy (non-hydrogen) atoms. The predicted octanol–water partition coefficient (Wildman–Crippen LogP) is 1.77.